The van der Waals surface area contributed by atoms with Crippen molar-refractivity contribution in [3.05, 3.63) is 33.5 Å². The van der Waals surface area contributed by atoms with E-state index in [-0.39, 0.29) is 5.28 Å². The van der Waals surface area contributed by atoms with E-state index in [4.69, 9.17) is 34.8 Å². The van der Waals surface area contributed by atoms with Gasteiger partial charge in [-0.1, -0.05) is 23.2 Å². The molecule has 0 atom stereocenters. The van der Waals surface area contributed by atoms with Crippen molar-refractivity contribution in [1.29, 1.82) is 0 Å². The standard InChI is InChI=1S/C11H10Cl3N5/c1-19(2)11-17-9(14)16-10(18-11)15-8-5-6(12)3-4-7(8)13/h3-5H,1-2H3,(H,15,16,17,18). The average molecular weight is 319 g/mol. The molecule has 0 fully saturated rings. The van der Waals surface area contributed by atoms with Crippen LogP contribution in [0.3, 0.4) is 0 Å². The minimum Gasteiger partial charge on any atom is -0.347 e. The minimum absolute atomic E-state index is 0.0966. The summed E-state index contributed by atoms with van der Waals surface area (Å²) in [4.78, 5) is 13.9. The quantitative estimate of drug-likeness (QED) is 0.936. The normalized spacial score (nSPS) is 10.4. The van der Waals surface area contributed by atoms with Crippen molar-refractivity contribution in [3.63, 3.8) is 0 Å². The molecule has 2 aromatic rings. The van der Waals surface area contributed by atoms with E-state index in [0.29, 0.717) is 27.6 Å². The molecule has 1 aromatic heterocycles. The Hall–Kier alpha value is -1.30. The SMILES string of the molecule is CN(C)c1nc(Cl)nc(Nc2cc(Cl)ccc2Cl)n1. The summed E-state index contributed by atoms with van der Waals surface area (Å²) in [5.41, 5.74) is 0.598. The van der Waals surface area contributed by atoms with Crippen molar-refractivity contribution in [3.8, 4) is 0 Å². The number of hydrogen-bond donors (Lipinski definition) is 1. The molecule has 2 rings (SSSR count). The Bertz CT molecular complexity index is 603. The van der Waals surface area contributed by atoms with Gasteiger partial charge < -0.3 is 10.2 Å². The van der Waals surface area contributed by atoms with Crippen LogP contribution in [0.5, 0.6) is 0 Å². The molecule has 0 bridgehead atoms. The third kappa shape index (κ3) is 3.59. The molecule has 100 valence electrons. The third-order valence-corrected chi connectivity index (χ3v) is 2.90. The first kappa shape index (κ1) is 14.1. The molecule has 0 saturated heterocycles. The summed E-state index contributed by atoms with van der Waals surface area (Å²) in [5.74, 6) is 0.744. The number of halogens is 3. The maximum absolute atomic E-state index is 6.05. The van der Waals surface area contributed by atoms with Crippen LogP contribution in [0.2, 0.25) is 15.3 Å². The first-order valence-electron chi connectivity index (χ1n) is 5.26. The first-order valence-corrected chi connectivity index (χ1v) is 6.40. The number of benzene rings is 1. The Morgan fingerprint density at radius 3 is 2.47 bits per heavy atom. The average Bonchev–Trinajstić information content (AvgIpc) is 2.33. The maximum Gasteiger partial charge on any atom is 0.233 e. The van der Waals surface area contributed by atoms with Crippen LogP contribution in [0, 0.1) is 0 Å². The number of anilines is 3. The van der Waals surface area contributed by atoms with E-state index in [1.54, 1.807) is 23.1 Å². The van der Waals surface area contributed by atoms with Gasteiger partial charge in [-0.25, -0.2) is 0 Å². The van der Waals surface area contributed by atoms with Gasteiger partial charge in [-0.15, -0.1) is 0 Å². The van der Waals surface area contributed by atoms with E-state index in [0.717, 1.165) is 0 Å². The van der Waals surface area contributed by atoms with Gasteiger partial charge in [0.1, 0.15) is 0 Å². The van der Waals surface area contributed by atoms with Crippen LogP contribution in [0.4, 0.5) is 17.6 Å². The Morgan fingerprint density at radius 1 is 1.05 bits per heavy atom. The molecule has 0 unspecified atom stereocenters. The Morgan fingerprint density at radius 2 is 1.79 bits per heavy atom. The molecule has 0 aliphatic rings. The fraction of sp³-hybridized carbons (Fsp3) is 0.182. The van der Waals surface area contributed by atoms with Gasteiger partial charge in [0.05, 0.1) is 10.7 Å². The molecule has 1 N–H and O–H groups in total. The van der Waals surface area contributed by atoms with Gasteiger partial charge >= 0.3 is 0 Å². The molecular formula is C11H10Cl3N5. The fourth-order valence-electron chi connectivity index (χ4n) is 1.31. The fourth-order valence-corrected chi connectivity index (χ4v) is 1.80. The lowest BCUT2D eigenvalue weighted by Gasteiger charge is -2.12. The van der Waals surface area contributed by atoms with E-state index in [1.165, 1.54) is 0 Å². The predicted octanol–water partition coefficient (Wildman–Crippen LogP) is 3.64. The first-order chi connectivity index (χ1) is 8.95. The van der Waals surface area contributed by atoms with E-state index < -0.39 is 0 Å². The molecule has 1 heterocycles. The number of nitrogens with one attached hydrogen (secondary N) is 1. The van der Waals surface area contributed by atoms with Crippen LogP contribution in [0.15, 0.2) is 18.2 Å². The van der Waals surface area contributed by atoms with E-state index >= 15 is 0 Å². The molecule has 0 aliphatic heterocycles. The van der Waals surface area contributed by atoms with Crippen LogP contribution < -0.4 is 10.2 Å². The molecule has 0 amide bonds. The summed E-state index contributed by atoms with van der Waals surface area (Å²) < 4.78 is 0. The summed E-state index contributed by atoms with van der Waals surface area (Å²) in [6.45, 7) is 0. The van der Waals surface area contributed by atoms with Gasteiger partial charge in [-0.3, -0.25) is 0 Å². The van der Waals surface area contributed by atoms with Crippen LogP contribution >= 0.6 is 34.8 Å². The molecule has 0 aliphatic carbocycles. The lowest BCUT2D eigenvalue weighted by Crippen LogP contribution is -2.14. The van der Waals surface area contributed by atoms with Crippen LogP contribution in [-0.4, -0.2) is 29.0 Å². The van der Waals surface area contributed by atoms with Gasteiger partial charge in [-0.2, -0.15) is 15.0 Å². The van der Waals surface area contributed by atoms with Crippen LogP contribution in [-0.2, 0) is 0 Å². The molecule has 1 aromatic carbocycles. The van der Waals surface area contributed by atoms with Crippen LogP contribution in [0.1, 0.15) is 0 Å². The zero-order chi connectivity index (χ0) is 14.0. The summed E-state index contributed by atoms with van der Waals surface area (Å²) in [6.07, 6.45) is 0. The van der Waals surface area contributed by atoms with Gasteiger partial charge in [0.2, 0.25) is 17.2 Å². The smallest absolute Gasteiger partial charge is 0.233 e. The van der Waals surface area contributed by atoms with Gasteiger partial charge in [0.15, 0.2) is 0 Å². The van der Waals surface area contributed by atoms with Crippen LogP contribution in [0.25, 0.3) is 0 Å². The lowest BCUT2D eigenvalue weighted by atomic mass is 10.3. The highest BCUT2D eigenvalue weighted by Crippen LogP contribution is 2.27. The van der Waals surface area contributed by atoms with Crippen molar-refractivity contribution in [1.82, 2.24) is 15.0 Å². The van der Waals surface area contributed by atoms with E-state index in [2.05, 4.69) is 20.3 Å². The number of aromatic nitrogens is 3. The lowest BCUT2D eigenvalue weighted by molar-refractivity contribution is 0.961. The second-order valence-corrected chi connectivity index (χ2v) is 5.05. The van der Waals surface area contributed by atoms with Gasteiger partial charge in [-0.05, 0) is 29.8 Å². The monoisotopic (exact) mass is 317 g/mol. The Kier molecular flexibility index (Phi) is 4.29. The summed E-state index contributed by atoms with van der Waals surface area (Å²) in [5, 5.41) is 4.12. The van der Waals surface area contributed by atoms with Crippen molar-refractivity contribution in [2.24, 2.45) is 0 Å². The Balaban J connectivity index is 2.35. The summed E-state index contributed by atoms with van der Waals surface area (Å²) in [6, 6.07) is 5.06. The van der Waals surface area contributed by atoms with Gasteiger partial charge in [0, 0.05) is 19.1 Å². The van der Waals surface area contributed by atoms with E-state index in [9.17, 15) is 0 Å². The zero-order valence-corrected chi connectivity index (χ0v) is 12.4. The summed E-state index contributed by atoms with van der Waals surface area (Å²) in [7, 11) is 3.61. The largest absolute Gasteiger partial charge is 0.347 e. The van der Waals surface area contributed by atoms with Crippen molar-refractivity contribution >= 4 is 52.4 Å². The molecular weight excluding hydrogens is 309 g/mol. The number of rotatable bonds is 3. The molecule has 0 spiro atoms. The number of hydrogen-bond acceptors (Lipinski definition) is 5. The third-order valence-electron chi connectivity index (χ3n) is 2.17. The van der Waals surface area contributed by atoms with Crippen molar-refractivity contribution < 1.29 is 0 Å². The second kappa shape index (κ2) is 5.77. The molecule has 0 saturated carbocycles. The van der Waals surface area contributed by atoms with E-state index in [1.807, 2.05) is 14.1 Å². The topological polar surface area (TPSA) is 53.9 Å². The zero-order valence-electron chi connectivity index (χ0n) is 10.2. The highest BCUT2D eigenvalue weighted by Gasteiger charge is 2.09. The second-order valence-electron chi connectivity index (χ2n) is 3.87. The van der Waals surface area contributed by atoms with Crippen molar-refractivity contribution in [2.45, 2.75) is 0 Å². The minimum atomic E-state index is 0.0966. The molecule has 19 heavy (non-hydrogen) atoms. The highest BCUT2D eigenvalue weighted by molar-refractivity contribution is 6.35. The molecule has 8 heteroatoms. The maximum atomic E-state index is 6.05. The number of nitrogens with zero attached hydrogens (tertiary/aromatic N) is 4. The van der Waals surface area contributed by atoms with Crippen molar-refractivity contribution in [2.75, 3.05) is 24.3 Å². The highest BCUT2D eigenvalue weighted by atomic mass is 35.5. The predicted molar refractivity (Wildman–Crippen MR) is 78.9 cm³/mol. The Labute approximate surface area is 125 Å². The van der Waals surface area contributed by atoms with Gasteiger partial charge in [0.25, 0.3) is 0 Å². The molecule has 0 radical (unpaired) electrons. The molecule has 5 nitrogen and oxygen atoms in total. The summed E-state index contributed by atoms with van der Waals surface area (Å²) >= 11 is 17.8.